The molecule has 0 aromatic heterocycles. The highest BCUT2D eigenvalue weighted by Gasteiger charge is 2.22. The summed E-state index contributed by atoms with van der Waals surface area (Å²) in [6, 6.07) is 8.32. The number of aryl methyl sites for hydroxylation is 1. The molecule has 106 valence electrons. The molecule has 0 spiro atoms. The van der Waals surface area contributed by atoms with Crippen molar-refractivity contribution >= 4 is 10.0 Å². The fourth-order valence-corrected chi connectivity index (χ4v) is 3.73. The lowest BCUT2D eigenvalue weighted by Crippen LogP contribution is -2.41. The van der Waals surface area contributed by atoms with Gasteiger partial charge in [-0.2, -0.15) is 0 Å². The number of rotatable bonds is 6. The van der Waals surface area contributed by atoms with Gasteiger partial charge in [0.15, 0.2) is 0 Å². The van der Waals surface area contributed by atoms with Crippen LogP contribution < -0.4 is 10.0 Å². The van der Waals surface area contributed by atoms with Crippen LogP contribution in [0.4, 0.5) is 0 Å². The average Bonchev–Trinajstić information content (AvgIpc) is 2.38. The molecule has 1 unspecified atom stereocenters. The molecule has 0 heterocycles. The lowest BCUT2D eigenvalue weighted by atomic mass is 9.89. The summed E-state index contributed by atoms with van der Waals surface area (Å²) in [4.78, 5) is 0. The first-order chi connectivity index (χ1) is 9.11. The molecule has 19 heavy (non-hydrogen) atoms. The van der Waals surface area contributed by atoms with E-state index in [1.807, 2.05) is 19.1 Å². The summed E-state index contributed by atoms with van der Waals surface area (Å²) in [6.45, 7) is 3.28. The van der Waals surface area contributed by atoms with E-state index in [2.05, 4.69) is 22.2 Å². The third-order valence-electron chi connectivity index (χ3n) is 3.49. The van der Waals surface area contributed by atoms with Crippen LogP contribution in [0.3, 0.4) is 0 Å². The molecular weight excluding hydrogens is 260 g/mol. The molecule has 5 heteroatoms. The van der Waals surface area contributed by atoms with Gasteiger partial charge in [0, 0.05) is 12.6 Å². The van der Waals surface area contributed by atoms with Crippen molar-refractivity contribution in [2.75, 3.05) is 18.8 Å². The smallest absolute Gasteiger partial charge is 0.213 e. The summed E-state index contributed by atoms with van der Waals surface area (Å²) in [5.41, 5.74) is 2.62. The normalized spacial score (nSPS) is 19.1. The Kier molecular flexibility index (Phi) is 4.96. The molecule has 0 bridgehead atoms. The van der Waals surface area contributed by atoms with E-state index in [4.69, 9.17) is 0 Å². The average molecular weight is 282 g/mol. The van der Waals surface area contributed by atoms with Crippen LogP contribution in [0.15, 0.2) is 24.3 Å². The van der Waals surface area contributed by atoms with E-state index >= 15 is 0 Å². The zero-order chi connectivity index (χ0) is 13.7. The quantitative estimate of drug-likeness (QED) is 0.768. The number of hydrogen-bond donors (Lipinski definition) is 2. The van der Waals surface area contributed by atoms with Gasteiger partial charge in [-0.25, -0.2) is 13.1 Å². The van der Waals surface area contributed by atoms with E-state index in [-0.39, 0.29) is 11.8 Å². The molecule has 0 amide bonds. The molecule has 0 aliphatic heterocycles. The Morgan fingerprint density at radius 2 is 2.00 bits per heavy atom. The Morgan fingerprint density at radius 3 is 2.74 bits per heavy atom. The molecule has 0 fully saturated rings. The fourth-order valence-electron chi connectivity index (χ4n) is 2.49. The lowest BCUT2D eigenvalue weighted by Gasteiger charge is -2.25. The Bertz CT molecular complexity index is 514. The van der Waals surface area contributed by atoms with Crippen molar-refractivity contribution in [3.05, 3.63) is 35.4 Å². The second-order valence-electron chi connectivity index (χ2n) is 5.00. The highest BCUT2D eigenvalue weighted by Crippen LogP contribution is 2.21. The van der Waals surface area contributed by atoms with Crippen LogP contribution in [-0.2, 0) is 22.9 Å². The van der Waals surface area contributed by atoms with E-state index in [1.54, 1.807) is 0 Å². The SMILES string of the molecule is CCNCCS(=O)(=O)NC1CCc2ccccc2C1. The maximum absolute atomic E-state index is 11.9. The fraction of sp³-hybridized carbons (Fsp3) is 0.571. The minimum atomic E-state index is -3.17. The van der Waals surface area contributed by atoms with E-state index < -0.39 is 10.0 Å². The number of benzene rings is 1. The van der Waals surface area contributed by atoms with E-state index in [0.29, 0.717) is 6.54 Å². The minimum absolute atomic E-state index is 0.0431. The van der Waals surface area contributed by atoms with Gasteiger partial charge in [0.1, 0.15) is 0 Å². The monoisotopic (exact) mass is 282 g/mol. The van der Waals surface area contributed by atoms with Gasteiger partial charge >= 0.3 is 0 Å². The molecular formula is C14H22N2O2S. The molecule has 0 saturated heterocycles. The van der Waals surface area contributed by atoms with Crippen molar-refractivity contribution in [1.29, 1.82) is 0 Å². The second-order valence-corrected chi connectivity index (χ2v) is 6.87. The van der Waals surface area contributed by atoms with E-state index in [1.165, 1.54) is 11.1 Å². The van der Waals surface area contributed by atoms with Gasteiger partial charge in [-0.3, -0.25) is 0 Å². The first-order valence-corrected chi connectivity index (χ1v) is 8.53. The molecule has 1 aliphatic rings. The molecule has 1 aromatic carbocycles. The molecule has 4 nitrogen and oxygen atoms in total. The van der Waals surface area contributed by atoms with E-state index in [0.717, 1.165) is 25.8 Å². The Morgan fingerprint density at radius 1 is 1.26 bits per heavy atom. The molecule has 2 N–H and O–H groups in total. The predicted molar refractivity (Wildman–Crippen MR) is 77.7 cm³/mol. The van der Waals surface area contributed by atoms with Crippen molar-refractivity contribution in [1.82, 2.24) is 10.0 Å². The summed E-state index contributed by atoms with van der Waals surface area (Å²) in [5, 5.41) is 3.04. The summed E-state index contributed by atoms with van der Waals surface area (Å²) >= 11 is 0. The van der Waals surface area contributed by atoms with Gasteiger partial charge in [-0.1, -0.05) is 31.2 Å². The van der Waals surface area contributed by atoms with Crippen LogP contribution in [0.1, 0.15) is 24.5 Å². The summed E-state index contributed by atoms with van der Waals surface area (Å²) in [5.74, 6) is 0.152. The molecule has 2 rings (SSSR count). The Labute approximate surface area is 115 Å². The zero-order valence-corrected chi connectivity index (χ0v) is 12.2. The zero-order valence-electron chi connectivity index (χ0n) is 11.4. The van der Waals surface area contributed by atoms with Crippen LogP contribution >= 0.6 is 0 Å². The summed E-state index contributed by atoms with van der Waals surface area (Å²) in [6.07, 6.45) is 2.64. The van der Waals surface area contributed by atoms with E-state index in [9.17, 15) is 8.42 Å². The van der Waals surface area contributed by atoms with Crippen molar-refractivity contribution in [3.63, 3.8) is 0 Å². The Balaban J connectivity index is 1.91. The van der Waals surface area contributed by atoms with Gasteiger partial charge in [-0.15, -0.1) is 0 Å². The van der Waals surface area contributed by atoms with Gasteiger partial charge in [0.05, 0.1) is 5.75 Å². The highest BCUT2D eigenvalue weighted by atomic mass is 32.2. The number of fused-ring (bicyclic) bond motifs is 1. The standard InChI is InChI=1S/C14H22N2O2S/c1-2-15-9-10-19(17,18)16-14-8-7-12-5-3-4-6-13(12)11-14/h3-6,14-16H,2,7-11H2,1H3. The summed E-state index contributed by atoms with van der Waals surface area (Å²) < 4.78 is 26.7. The maximum atomic E-state index is 11.9. The van der Waals surface area contributed by atoms with Crippen LogP contribution in [0.2, 0.25) is 0 Å². The van der Waals surface area contributed by atoms with Crippen LogP contribution in [0.25, 0.3) is 0 Å². The number of hydrogen-bond acceptors (Lipinski definition) is 3. The van der Waals surface area contributed by atoms with Gasteiger partial charge in [0.25, 0.3) is 0 Å². The van der Waals surface area contributed by atoms with Crippen LogP contribution in [0.5, 0.6) is 0 Å². The lowest BCUT2D eigenvalue weighted by molar-refractivity contribution is 0.506. The number of nitrogens with one attached hydrogen (secondary N) is 2. The Hall–Kier alpha value is -0.910. The molecule has 1 atom stereocenters. The third kappa shape index (κ3) is 4.30. The molecule has 0 saturated carbocycles. The predicted octanol–water partition coefficient (Wildman–Crippen LogP) is 1.07. The minimum Gasteiger partial charge on any atom is -0.316 e. The van der Waals surface area contributed by atoms with Crippen molar-refractivity contribution in [3.8, 4) is 0 Å². The van der Waals surface area contributed by atoms with Crippen LogP contribution in [-0.4, -0.2) is 33.3 Å². The molecule has 1 aromatic rings. The van der Waals surface area contributed by atoms with Crippen molar-refractivity contribution in [2.45, 2.75) is 32.2 Å². The third-order valence-corrected chi connectivity index (χ3v) is 4.92. The van der Waals surface area contributed by atoms with Crippen molar-refractivity contribution in [2.24, 2.45) is 0 Å². The maximum Gasteiger partial charge on any atom is 0.213 e. The summed E-state index contributed by atoms with van der Waals surface area (Å²) in [7, 11) is -3.17. The number of sulfonamides is 1. The van der Waals surface area contributed by atoms with Crippen LogP contribution in [0, 0.1) is 0 Å². The highest BCUT2D eigenvalue weighted by molar-refractivity contribution is 7.89. The van der Waals surface area contributed by atoms with Gasteiger partial charge in [0.2, 0.25) is 10.0 Å². The second kappa shape index (κ2) is 6.50. The first kappa shape index (κ1) is 14.5. The molecule has 0 radical (unpaired) electrons. The van der Waals surface area contributed by atoms with Gasteiger partial charge < -0.3 is 5.32 Å². The largest absolute Gasteiger partial charge is 0.316 e. The van der Waals surface area contributed by atoms with Crippen molar-refractivity contribution < 1.29 is 8.42 Å². The van der Waals surface area contributed by atoms with Gasteiger partial charge in [-0.05, 0) is 36.9 Å². The first-order valence-electron chi connectivity index (χ1n) is 6.88. The topological polar surface area (TPSA) is 58.2 Å². The molecule has 1 aliphatic carbocycles.